The molecule has 1 aromatic carbocycles. The van der Waals surface area contributed by atoms with E-state index in [0.717, 1.165) is 6.54 Å². The first kappa shape index (κ1) is 12.8. The maximum absolute atomic E-state index is 13.3. The lowest BCUT2D eigenvalue weighted by Crippen LogP contribution is -2.02. The van der Waals surface area contributed by atoms with Gasteiger partial charge in [0.25, 0.3) is 0 Å². The molecule has 0 aliphatic heterocycles. The van der Waals surface area contributed by atoms with E-state index in [1.54, 1.807) is 13.0 Å². The summed E-state index contributed by atoms with van der Waals surface area (Å²) >= 11 is 6.07. The molecule has 0 bridgehead atoms. The van der Waals surface area contributed by atoms with Crippen LogP contribution in [0.3, 0.4) is 0 Å². The summed E-state index contributed by atoms with van der Waals surface area (Å²) in [5.74, 6) is 0.986. The van der Waals surface area contributed by atoms with E-state index in [0.29, 0.717) is 27.9 Å². The van der Waals surface area contributed by atoms with E-state index in [9.17, 15) is 4.39 Å². The highest BCUT2D eigenvalue weighted by Crippen LogP contribution is 2.28. The van der Waals surface area contributed by atoms with Gasteiger partial charge in [-0.1, -0.05) is 11.6 Å². The average molecular weight is 266 g/mol. The number of aryl methyl sites for hydroxylation is 1. The Morgan fingerprint density at radius 2 is 2.06 bits per heavy atom. The molecule has 0 fully saturated rings. The number of nitrogens with one attached hydrogen (secondary N) is 1. The minimum absolute atomic E-state index is 0.337. The van der Waals surface area contributed by atoms with Gasteiger partial charge in [-0.15, -0.1) is 0 Å². The van der Waals surface area contributed by atoms with Crippen LogP contribution in [0.1, 0.15) is 12.7 Å². The molecule has 18 heavy (non-hydrogen) atoms. The second-order valence-electron chi connectivity index (χ2n) is 3.84. The summed E-state index contributed by atoms with van der Waals surface area (Å²) in [4.78, 5) is 8.53. The van der Waals surface area contributed by atoms with Gasteiger partial charge < -0.3 is 5.32 Å². The number of nitrogens with zero attached hydrogens (tertiary/aromatic N) is 2. The number of benzene rings is 1. The van der Waals surface area contributed by atoms with Crippen LogP contribution in [0, 0.1) is 12.7 Å². The Balaban J connectivity index is 2.52. The fourth-order valence-corrected chi connectivity index (χ4v) is 1.89. The summed E-state index contributed by atoms with van der Waals surface area (Å²) in [5.41, 5.74) is 1.18. The first-order valence-electron chi connectivity index (χ1n) is 5.65. The van der Waals surface area contributed by atoms with E-state index in [1.807, 2.05) is 6.92 Å². The third-order valence-electron chi connectivity index (χ3n) is 2.40. The Bertz CT molecular complexity index is 572. The quantitative estimate of drug-likeness (QED) is 0.920. The number of hydrogen-bond acceptors (Lipinski definition) is 3. The molecule has 0 saturated heterocycles. The van der Waals surface area contributed by atoms with Gasteiger partial charge in [0.15, 0.2) is 0 Å². The summed E-state index contributed by atoms with van der Waals surface area (Å²) in [6.45, 7) is 4.52. The van der Waals surface area contributed by atoms with E-state index in [4.69, 9.17) is 11.6 Å². The molecule has 1 aromatic heterocycles. The van der Waals surface area contributed by atoms with Crippen LogP contribution in [0.15, 0.2) is 24.3 Å². The number of aromatic nitrogens is 2. The highest BCUT2D eigenvalue weighted by atomic mass is 35.5. The van der Waals surface area contributed by atoms with Crippen molar-refractivity contribution in [3.63, 3.8) is 0 Å². The van der Waals surface area contributed by atoms with Crippen molar-refractivity contribution < 1.29 is 4.39 Å². The molecule has 0 aliphatic carbocycles. The number of anilines is 1. The summed E-state index contributed by atoms with van der Waals surface area (Å²) in [6.07, 6.45) is 0. The normalized spacial score (nSPS) is 10.4. The molecule has 3 nitrogen and oxygen atoms in total. The van der Waals surface area contributed by atoms with Crippen molar-refractivity contribution in [2.75, 3.05) is 11.9 Å². The number of halogens is 2. The molecule has 2 rings (SSSR count). The van der Waals surface area contributed by atoms with Gasteiger partial charge in [0.2, 0.25) is 0 Å². The summed E-state index contributed by atoms with van der Waals surface area (Å²) in [5, 5.41) is 3.57. The molecule has 5 heteroatoms. The van der Waals surface area contributed by atoms with Crippen molar-refractivity contribution in [3.05, 3.63) is 40.9 Å². The Hall–Kier alpha value is -1.68. The molecule has 0 aliphatic rings. The lowest BCUT2D eigenvalue weighted by Gasteiger charge is -2.08. The van der Waals surface area contributed by atoms with Crippen molar-refractivity contribution in [1.29, 1.82) is 0 Å². The molecule has 2 aromatic rings. The monoisotopic (exact) mass is 265 g/mol. The Kier molecular flexibility index (Phi) is 3.77. The molecular weight excluding hydrogens is 253 g/mol. The zero-order valence-electron chi connectivity index (χ0n) is 10.2. The maximum atomic E-state index is 13.3. The highest BCUT2D eigenvalue weighted by molar-refractivity contribution is 6.33. The molecule has 0 unspecified atom stereocenters. The zero-order chi connectivity index (χ0) is 13.1. The van der Waals surface area contributed by atoms with Crippen molar-refractivity contribution in [2.24, 2.45) is 0 Å². The molecule has 0 spiro atoms. The van der Waals surface area contributed by atoms with E-state index in [-0.39, 0.29) is 5.82 Å². The van der Waals surface area contributed by atoms with E-state index in [1.165, 1.54) is 18.2 Å². The standard InChI is InChI=1S/C13H13ClFN3/c1-3-16-13-7-12(17-8(2)18-13)10-6-9(15)4-5-11(10)14/h4-7H,3H2,1-2H3,(H,16,17,18). The number of hydrogen-bond donors (Lipinski definition) is 1. The number of rotatable bonds is 3. The molecule has 1 heterocycles. The second kappa shape index (κ2) is 5.31. The second-order valence-corrected chi connectivity index (χ2v) is 4.25. The first-order valence-corrected chi connectivity index (χ1v) is 6.03. The summed E-state index contributed by atoms with van der Waals surface area (Å²) in [7, 11) is 0. The van der Waals surface area contributed by atoms with Gasteiger partial charge >= 0.3 is 0 Å². The van der Waals surface area contributed by atoms with Crippen molar-refractivity contribution in [3.8, 4) is 11.3 Å². The van der Waals surface area contributed by atoms with Crippen LogP contribution in [-0.4, -0.2) is 16.5 Å². The third-order valence-corrected chi connectivity index (χ3v) is 2.73. The predicted octanol–water partition coefficient (Wildman–Crippen LogP) is 3.68. The maximum Gasteiger partial charge on any atom is 0.130 e. The van der Waals surface area contributed by atoms with Gasteiger partial charge in [0, 0.05) is 18.2 Å². The molecule has 1 N–H and O–H groups in total. The topological polar surface area (TPSA) is 37.8 Å². The largest absolute Gasteiger partial charge is 0.370 e. The smallest absolute Gasteiger partial charge is 0.130 e. The van der Waals surface area contributed by atoms with Gasteiger partial charge in [-0.25, -0.2) is 14.4 Å². The Labute approximate surface area is 110 Å². The van der Waals surface area contributed by atoms with E-state index < -0.39 is 0 Å². The SMILES string of the molecule is CCNc1cc(-c2cc(F)ccc2Cl)nc(C)n1. The first-order chi connectivity index (χ1) is 8.60. The fourth-order valence-electron chi connectivity index (χ4n) is 1.67. The van der Waals surface area contributed by atoms with Crippen LogP contribution in [0.25, 0.3) is 11.3 Å². The minimum atomic E-state index is -0.337. The van der Waals surface area contributed by atoms with Gasteiger partial charge in [0.05, 0.1) is 10.7 Å². The van der Waals surface area contributed by atoms with Gasteiger partial charge in [-0.2, -0.15) is 0 Å². The third kappa shape index (κ3) is 2.76. The molecule has 0 atom stereocenters. The summed E-state index contributed by atoms with van der Waals surface area (Å²) < 4.78 is 13.3. The average Bonchev–Trinajstić information content (AvgIpc) is 2.32. The lowest BCUT2D eigenvalue weighted by atomic mass is 10.1. The molecule has 94 valence electrons. The van der Waals surface area contributed by atoms with Crippen LogP contribution >= 0.6 is 11.6 Å². The van der Waals surface area contributed by atoms with Crippen LogP contribution in [0.2, 0.25) is 5.02 Å². The van der Waals surface area contributed by atoms with Crippen LogP contribution in [-0.2, 0) is 0 Å². The van der Waals surface area contributed by atoms with E-state index >= 15 is 0 Å². The van der Waals surface area contributed by atoms with Crippen LogP contribution in [0.4, 0.5) is 10.2 Å². The zero-order valence-corrected chi connectivity index (χ0v) is 10.9. The molecule has 0 radical (unpaired) electrons. The van der Waals surface area contributed by atoms with Gasteiger partial charge in [-0.3, -0.25) is 0 Å². The molecular formula is C13H13ClFN3. The Morgan fingerprint density at radius 1 is 1.28 bits per heavy atom. The molecule has 0 saturated carbocycles. The van der Waals surface area contributed by atoms with Crippen molar-refractivity contribution in [2.45, 2.75) is 13.8 Å². The van der Waals surface area contributed by atoms with E-state index in [2.05, 4.69) is 15.3 Å². The van der Waals surface area contributed by atoms with Crippen molar-refractivity contribution >= 4 is 17.4 Å². The van der Waals surface area contributed by atoms with Crippen LogP contribution < -0.4 is 5.32 Å². The lowest BCUT2D eigenvalue weighted by molar-refractivity contribution is 0.628. The molecule has 0 amide bonds. The fraction of sp³-hybridized carbons (Fsp3) is 0.231. The predicted molar refractivity (Wildman–Crippen MR) is 71.3 cm³/mol. The summed E-state index contributed by atoms with van der Waals surface area (Å²) in [6, 6.07) is 5.98. The van der Waals surface area contributed by atoms with Crippen molar-refractivity contribution in [1.82, 2.24) is 9.97 Å². The van der Waals surface area contributed by atoms with Crippen LogP contribution in [0.5, 0.6) is 0 Å². The Morgan fingerprint density at radius 3 is 2.78 bits per heavy atom. The van der Waals surface area contributed by atoms with Gasteiger partial charge in [0.1, 0.15) is 17.5 Å². The van der Waals surface area contributed by atoms with Gasteiger partial charge in [-0.05, 0) is 32.0 Å². The highest BCUT2D eigenvalue weighted by Gasteiger charge is 2.09. The minimum Gasteiger partial charge on any atom is -0.370 e.